The predicted octanol–water partition coefficient (Wildman–Crippen LogP) is 3.09. The van der Waals surface area contributed by atoms with Gasteiger partial charge in [-0.25, -0.2) is 4.79 Å². The Labute approximate surface area is 128 Å². The smallest absolute Gasteiger partial charge is 0.407 e. The molecule has 4 heteroatoms. The van der Waals surface area contributed by atoms with Gasteiger partial charge in [-0.05, 0) is 64.3 Å². The van der Waals surface area contributed by atoms with Crippen LogP contribution in [0.5, 0.6) is 0 Å². The van der Waals surface area contributed by atoms with E-state index >= 15 is 0 Å². The maximum Gasteiger partial charge on any atom is 0.407 e. The van der Waals surface area contributed by atoms with Crippen molar-refractivity contribution in [2.24, 2.45) is 17.8 Å². The van der Waals surface area contributed by atoms with E-state index in [1.165, 1.54) is 12.8 Å². The SMILES string of the molecule is CCC(CNC(=O)OC(C)(C)C)NCC1CC2C=CC1C2. The van der Waals surface area contributed by atoms with E-state index in [1.54, 1.807) is 0 Å². The fourth-order valence-corrected chi connectivity index (χ4v) is 3.33. The molecule has 2 aliphatic carbocycles. The number of rotatable bonds is 6. The number of allylic oxidation sites excluding steroid dienone is 2. The summed E-state index contributed by atoms with van der Waals surface area (Å²) in [7, 11) is 0. The van der Waals surface area contributed by atoms with E-state index in [9.17, 15) is 4.79 Å². The summed E-state index contributed by atoms with van der Waals surface area (Å²) in [5, 5.41) is 6.47. The van der Waals surface area contributed by atoms with E-state index in [0.29, 0.717) is 12.6 Å². The number of hydrogen-bond acceptors (Lipinski definition) is 3. The Morgan fingerprint density at radius 3 is 2.62 bits per heavy atom. The molecule has 1 saturated carbocycles. The van der Waals surface area contributed by atoms with Crippen LogP contribution in [0.4, 0.5) is 4.79 Å². The Bertz CT molecular complexity index is 387. The number of fused-ring (bicyclic) bond motifs is 2. The van der Waals surface area contributed by atoms with Crippen molar-refractivity contribution in [2.75, 3.05) is 13.1 Å². The summed E-state index contributed by atoms with van der Waals surface area (Å²) in [4.78, 5) is 11.7. The van der Waals surface area contributed by atoms with Crippen LogP contribution in [0.15, 0.2) is 12.2 Å². The summed E-state index contributed by atoms with van der Waals surface area (Å²) in [6.45, 7) is 9.47. The van der Waals surface area contributed by atoms with Crippen LogP contribution in [-0.4, -0.2) is 30.8 Å². The lowest BCUT2D eigenvalue weighted by atomic mass is 9.93. The number of nitrogens with one attached hydrogen (secondary N) is 2. The van der Waals surface area contributed by atoms with E-state index in [0.717, 1.165) is 30.7 Å². The summed E-state index contributed by atoms with van der Waals surface area (Å²) >= 11 is 0. The van der Waals surface area contributed by atoms with Crippen LogP contribution in [0, 0.1) is 17.8 Å². The van der Waals surface area contributed by atoms with Gasteiger partial charge in [-0.2, -0.15) is 0 Å². The van der Waals surface area contributed by atoms with E-state index < -0.39 is 5.60 Å². The average Bonchev–Trinajstić information content (AvgIpc) is 2.99. The van der Waals surface area contributed by atoms with Gasteiger partial charge >= 0.3 is 6.09 Å². The molecule has 120 valence electrons. The second-order valence-corrected chi connectivity index (χ2v) is 7.44. The first-order valence-electron chi connectivity index (χ1n) is 8.26. The molecule has 0 spiro atoms. The highest BCUT2D eigenvalue weighted by Gasteiger charge is 2.35. The molecule has 0 aromatic carbocycles. The normalized spacial score (nSPS) is 28.7. The fourth-order valence-electron chi connectivity index (χ4n) is 3.33. The van der Waals surface area contributed by atoms with Crippen LogP contribution in [0.3, 0.4) is 0 Å². The molecule has 4 unspecified atom stereocenters. The van der Waals surface area contributed by atoms with Crippen molar-refractivity contribution in [3.63, 3.8) is 0 Å². The zero-order valence-electron chi connectivity index (χ0n) is 13.8. The first kappa shape index (κ1) is 16.3. The van der Waals surface area contributed by atoms with Gasteiger partial charge in [-0.3, -0.25) is 0 Å². The Hall–Kier alpha value is -1.03. The number of carbonyl (C=O) groups is 1. The third-order valence-electron chi connectivity index (χ3n) is 4.47. The van der Waals surface area contributed by atoms with Crippen LogP contribution in [0.25, 0.3) is 0 Å². The molecule has 0 aromatic rings. The lowest BCUT2D eigenvalue weighted by molar-refractivity contribution is 0.0522. The molecular weight excluding hydrogens is 264 g/mol. The molecule has 4 atom stereocenters. The Morgan fingerprint density at radius 2 is 2.10 bits per heavy atom. The summed E-state index contributed by atoms with van der Waals surface area (Å²) in [5.74, 6) is 2.37. The van der Waals surface area contributed by atoms with Crippen LogP contribution >= 0.6 is 0 Å². The van der Waals surface area contributed by atoms with Gasteiger partial charge in [0.15, 0.2) is 0 Å². The van der Waals surface area contributed by atoms with E-state index in [4.69, 9.17) is 4.74 Å². The van der Waals surface area contributed by atoms with Crippen molar-refractivity contribution in [3.05, 3.63) is 12.2 Å². The molecule has 0 aliphatic heterocycles. The Kier molecular flexibility index (Phi) is 5.31. The van der Waals surface area contributed by atoms with Crippen molar-refractivity contribution in [1.29, 1.82) is 0 Å². The first-order valence-corrected chi connectivity index (χ1v) is 8.26. The zero-order chi connectivity index (χ0) is 15.5. The number of amides is 1. The molecule has 1 fully saturated rings. The van der Waals surface area contributed by atoms with Crippen molar-refractivity contribution in [1.82, 2.24) is 10.6 Å². The van der Waals surface area contributed by atoms with Crippen LogP contribution in [0.1, 0.15) is 47.0 Å². The van der Waals surface area contributed by atoms with Gasteiger partial charge < -0.3 is 15.4 Å². The minimum absolute atomic E-state index is 0.320. The van der Waals surface area contributed by atoms with Crippen molar-refractivity contribution >= 4 is 6.09 Å². The van der Waals surface area contributed by atoms with Crippen LogP contribution in [-0.2, 0) is 4.74 Å². The van der Waals surface area contributed by atoms with Crippen LogP contribution < -0.4 is 10.6 Å². The first-order chi connectivity index (χ1) is 9.87. The predicted molar refractivity (Wildman–Crippen MR) is 85.2 cm³/mol. The van der Waals surface area contributed by atoms with E-state index in [2.05, 4.69) is 29.7 Å². The highest BCUT2D eigenvalue weighted by Crippen LogP contribution is 2.42. The molecule has 2 aliphatic rings. The van der Waals surface area contributed by atoms with Gasteiger partial charge in [0, 0.05) is 12.6 Å². The number of alkyl carbamates (subject to hydrolysis) is 1. The molecule has 0 aromatic heterocycles. The van der Waals surface area contributed by atoms with Crippen molar-refractivity contribution in [2.45, 2.75) is 58.6 Å². The molecule has 0 radical (unpaired) electrons. The zero-order valence-corrected chi connectivity index (χ0v) is 13.8. The van der Waals surface area contributed by atoms with Gasteiger partial charge in [-0.15, -0.1) is 0 Å². The van der Waals surface area contributed by atoms with Crippen molar-refractivity contribution in [3.8, 4) is 0 Å². The quantitative estimate of drug-likeness (QED) is 0.740. The Balaban J connectivity index is 1.66. The number of hydrogen-bond donors (Lipinski definition) is 2. The highest BCUT2D eigenvalue weighted by atomic mass is 16.6. The topological polar surface area (TPSA) is 50.4 Å². The minimum Gasteiger partial charge on any atom is -0.444 e. The molecule has 21 heavy (non-hydrogen) atoms. The lowest BCUT2D eigenvalue weighted by Gasteiger charge is -2.24. The summed E-state index contributed by atoms with van der Waals surface area (Å²) < 4.78 is 5.26. The summed E-state index contributed by atoms with van der Waals surface area (Å²) in [6, 6.07) is 0.320. The average molecular weight is 294 g/mol. The maximum absolute atomic E-state index is 11.7. The van der Waals surface area contributed by atoms with Crippen molar-refractivity contribution < 1.29 is 9.53 Å². The van der Waals surface area contributed by atoms with Gasteiger partial charge in [-0.1, -0.05) is 19.1 Å². The standard InChI is InChI=1S/C17H30N2O2/c1-5-15(11-19-16(20)21-17(2,3)4)18-10-14-9-12-6-7-13(14)8-12/h6-7,12-15,18H,5,8-11H2,1-4H3,(H,19,20). The molecule has 4 nitrogen and oxygen atoms in total. The third kappa shape index (κ3) is 5.03. The van der Waals surface area contributed by atoms with Gasteiger partial charge in [0.1, 0.15) is 5.60 Å². The van der Waals surface area contributed by atoms with Crippen LogP contribution in [0.2, 0.25) is 0 Å². The molecule has 2 N–H and O–H groups in total. The third-order valence-corrected chi connectivity index (χ3v) is 4.47. The fraction of sp³-hybridized carbons (Fsp3) is 0.824. The minimum atomic E-state index is -0.436. The number of carbonyl (C=O) groups excluding carboxylic acids is 1. The highest BCUT2D eigenvalue weighted by molar-refractivity contribution is 5.67. The second-order valence-electron chi connectivity index (χ2n) is 7.44. The van der Waals surface area contributed by atoms with E-state index in [1.807, 2.05) is 20.8 Å². The van der Waals surface area contributed by atoms with Gasteiger partial charge in [0.2, 0.25) is 0 Å². The second kappa shape index (κ2) is 6.82. The molecule has 0 saturated heterocycles. The largest absolute Gasteiger partial charge is 0.444 e. The monoisotopic (exact) mass is 294 g/mol. The molecule has 0 heterocycles. The Morgan fingerprint density at radius 1 is 1.33 bits per heavy atom. The molecule has 1 amide bonds. The lowest BCUT2D eigenvalue weighted by Crippen LogP contribution is -2.44. The maximum atomic E-state index is 11.7. The summed E-state index contributed by atoms with van der Waals surface area (Å²) in [5.41, 5.74) is -0.436. The summed E-state index contributed by atoms with van der Waals surface area (Å²) in [6.07, 6.45) is 8.12. The van der Waals surface area contributed by atoms with E-state index in [-0.39, 0.29) is 6.09 Å². The molecular formula is C17H30N2O2. The molecule has 2 rings (SSSR count). The van der Waals surface area contributed by atoms with Gasteiger partial charge in [0.25, 0.3) is 0 Å². The van der Waals surface area contributed by atoms with Gasteiger partial charge in [0.05, 0.1) is 0 Å². The number of ether oxygens (including phenoxy) is 1. The molecule has 2 bridgehead atoms.